The summed E-state index contributed by atoms with van der Waals surface area (Å²) in [6.07, 6.45) is 2.30. The van der Waals surface area contributed by atoms with E-state index in [1.165, 1.54) is 22.0 Å². The van der Waals surface area contributed by atoms with Crippen LogP contribution in [0.3, 0.4) is 0 Å². The number of aromatic nitrogens is 1. The molecule has 0 saturated heterocycles. The third-order valence-corrected chi connectivity index (χ3v) is 4.29. The first-order valence-corrected chi connectivity index (χ1v) is 8.12. The van der Waals surface area contributed by atoms with Crippen LogP contribution in [0.5, 0.6) is 0 Å². The van der Waals surface area contributed by atoms with Crippen molar-refractivity contribution in [1.29, 1.82) is 0 Å². The second kappa shape index (κ2) is 7.73. The summed E-state index contributed by atoms with van der Waals surface area (Å²) in [6, 6.07) is 6.41. The third kappa shape index (κ3) is 4.29. The smallest absolute Gasteiger partial charge is 0.341 e. The summed E-state index contributed by atoms with van der Waals surface area (Å²) in [5, 5.41) is 3.15. The Morgan fingerprint density at radius 2 is 2.09 bits per heavy atom. The number of thiophene rings is 1. The minimum atomic E-state index is -0.462. The molecule has 23 heavy (non-hydrogen) atoms. The van der Waals surface area contributed by atoms with Gasteiger partial charge in [0.25, 0.3) is 5.56 Å². The Morgan fingerprint density at radius 1 is 1.30 bits per heavy atom. The molecule has 0 atom stereocenters. The Kier molecular flexibility index (Phi) is 5.70. The number of nitrogens with zero attached hydrogens (tertiary/aromatic N) is 1. The highest BCUT2D eigenvalue weighted by Gasteiger charge is 2.18. The average molecular weight is 334 g/mol. The van der Waals surface area contributed by atoms with E-state index in [1.807, 2.05) is 6.92 Å². The monoisotopic (exact) mass is 334 g/mol. The Labute approximate surface area is 137 Å². The summed E-state index contributed by atoms with van der Waals surface area (Å²) in [5.74, 6) is -0.830. The molecule has 0 unspecified atom stereocenters. The van der Waals surface area contributed by atoms with E-state index < -0.39 is 5.97 Å². The topological polar surface area (TPSA) is 77.4 Å². The van der Waals surface area contributed by atoms with Gasteiger partial charge in [0.2, 0.25) is 5.91 Å². The fraction of sp³-hybridized carbons (Fsp3) is 0.312. The highest BCUT2D eigenvalue weighted by molar-refractivity contribution is 7.16. The SMILES string of the molecule is CCOC(=O)c1cc(CC)sc1NC(=O)Cn1ccccc1=O. The van der Waals surface area contributed by atoms with Gasteiger partial charge in [-0.3, -0.25) is 9.59 Å². The number of esters is 1. The molecule has 1 N–H and O–H groups in total. The molecule has 2 aromatic rings. The first kappa shape index (κ1) is 17.0. The predicted octanol–water partition coefficient (Wildman–Crippen LogP) is 2.29. The van der Waals surface area contributed by atoms with Crippen LogP contribution in [0.1, 0.15) is 29.1 Å². The summed E-state index contributed by atoms with van der Waals surface area (Å²) in [5.41, 5.74) is 0.0937. The lowest BCUT2D eigenvalue weighted by Crippen LogP contribution is -2.26. The van der Waals surface area contributed by atoms with Gasteiger partial charge in [0.1, 0.15) is 11.5 Å². The van der Waals surface area contributed by atoms with Crippen molar-refractivity contribution in [3.63, 3.8) is 0 Å². The number of hydrogen-bond acceptors (Lipinski definition) is 5. The molecule has 2 rings (SSSR count). The molecule has 0 aliphatic carbocycles. The van der Waals surface area contributed by atoms with E-state index in [0.29, 0.717) is 10.6 Å². The predicted molar refractivity (Wildman–Crippen MR) is 89.0 cm³/mol. The number of nitrogens with one attached hydrogen (secondary N) is 1. The number of anilines is 1. The molecule has 6 nitrogen and oxygen atoms in total. The molecule has 0 bridgehead atoms. The van der Waals surface area contributed by atoms with E-state index in [0.717, 1.165) is 11.3 Å². The summed E-state index contributed by atoms with van der Waals surface area (Å²) in [4.78, 5) is 36.7. The fourth-order valence-corrected chi connectivity index (χ4v) is 2.98. The number of hydrogen-bond donors (Lipinski definition) is 1. The zero-order valence-electron chi connectivity index (χ0n) is 13.0. The van der Waals surface area contributed by atoms with Crippen molar-refractivity contribution < 1.29 is 14.3 Å². The molecule has 0 fully saturated rings. The van der Waals surface area contributed by atoms with Crippen molar-refractivity contribution in [2.75, 3.05) is 11.9 Å². The number of amides is 1. The van der Waals surface area contributed by atoms with E-state index in [-0.39, 0.29) is 24.6 Å². The van der Waals surface area contributed by atoms with Gasteiger partial charge in [0.05, 0.1) is 12.2 Å². The lowest BCUT2D eigenvalue weighted by Gasteiger charge is -2.07. The van der Waals surface area contributed by atoms with E-state index in [1.54, 1.807) is 31.3 Å². The van der Waals surface area contributed by atoms with Crippen LogP contribution in [-0.2, 0) is 22.5 Å². The molecule has 7 heteroatoms. The van der Waals surface area contributed by atoms with Crippen LogP contribution in [0.4, 0.5) is 5.00 Å². The van der Waals surface area contributed by atoms with Crippen molar-refractivity contribution in [1.82, 2.24) is 4.57 Å². The second-order valence-corrected chi connectivity index (χ2v) is 5.88. The lowest BCUT2D eigenvalue weighted by atomic mass is 10.2. The third-order valence-electron chi connectivity index (χ3n) is 3.09. The van der Waals surface area contributed by atoms with Gasteiger partial charge in [-0.15, -0.1) is 11.3 Å². The zero-order chi connectivity index (χ0) is 16.8. The number of pyridine rings is 1. The van der Waals surface area contributed by atoms with Gasteiger partial charge in [-0.05, 0) is 25.5 Å². The maximum atomic E-state index is 12.1. The number of carbonyl (C=O) groups excluding carboxylic acids is 2. The fourth-order valence-electron chi connectivity index (χ4n) is 1.98. The van der Waals surface area contributed by atoms with Gasteiger partial charge in [-0.1, -0.05) is 13.0 Å². The quantitative estimate of drug-likeness (QED) is 0.822. The highest BCUT2D eigenvalue weighted by atomic mass is 32.1. The van der Waals surface area contributed by atoms with Crippen LogP contribution in [0.2, 0.25) is 0 Å². The second-order valence-electron chi connectivity index (χ2n) is 4.74. The minimum absolute atomic E-state index is 0.110. The van der Waals surface area contributed by atoms with Gasteiger partial charge in [0, 0.05) is 17.1 Å². The summed E-state index contributed by atoms with van der Waals surface area (Å²) < 4.78 is 6.31. The first-order chi connectivity index (χ1) is 11.0. The molecule has 0 radical (unpaired) electrons. The van der Waals surface area contributed by atoms with Gasteiger partial charge < -0.3 is 14.6 Å². The standard InChI is InChI=1S/C16H18N2O4S/c1-3-11-9-12(16(21)22-4-2)15(23-11)17-13(19)10-18-8-6-5-7-14(18)20/h5-9H,3-4,10H2,1-2H3,(H,17,19). The average Bonchev–Trinajstić information content (AvgIpc) is 2.93. The maximum Gasteiger partial charge on any atom is 0.341 e. The molecule has 2 aromatic heterocycles. The number of rotatable bonds is 6. The molecule has 0 aromatic carbocycles. The molecule has 122 valence electrons. The van der Waals surface area contributed by atoms with Crippen molar-refractivity contribution in [2.24, 2.45) is 0 Å². The zero-order valence-corrected chi connectivity index (χ0v) is 13.8. The van der Waals surface area contributed by atoms with Crippen LogP contribution >= 0.6 is 11.3 Å². The summed E-state index contributed by atoms with van der Waals surface area (Å²) in [7, 11) is 0. The molecule has 0 saturated carbocycles. The van der Waals surface area contributed by atoms with Crippen molar-refractivity contribution in [3.8, 4) is 0 Å². The molecule has 1 amide bonds. The van der Waals surface area contributed by atoms with Crippen LogP contribution in [0, 0.1) is 0 Å². The van der Waals surface area contributed by atoms with Crippen molar-refractivity contribution >= 4 is 28.2 Å². The van der Waals surface area contributed by atoms with E-state index >= 15 is 0 Å². The van der Waals surface area contributed by atoms with Crippen molar-refractivity contribution in [2.45, 2.75) is 26.8 Å². The first-order valence-electron chi connectivity index (χ1n) is 7.30. The van der Waals surface area contributed by atoms with E-state index in [9.17, 15) is 14.4 Å². The van der Waals surface area contributed by atoms with E-state index in [4.69, 9.17) is 4.74 Å². The summed E-state index contributed by atoms with van der Waals surface area (Å²) >= 11 is 1.34. The van der Waals surface area contributed by atoms with Crippen LogP contribution < -0.4 is 10.9 Å². The van der Waals surface area contributed by atoms with Gasteiger partial charge in [0.15, 0.2) is 0 Å². The Morgan fingerprint density at radius 3 is 2.74 bits per heavy atom. The number of carbonyl (C=O) groups is 2. The molecule has 0 aliphatic heterocycles. The van der Waals surface area contributed by atoms with Crippen LogP contribution in [-0.4, -0.2) is 23.1 Å². The van der Waals surface area contributed by atoms with E-state index in [2.05, 4.69) is 5.32 Å². The number of aryl methyl sites for hydroxylation is 1. The van der Waals surface area contributed by atoms with Gasteiger partial charge in [-0.2, -0.15) is 0 Å². The Hall–Kier alpha value is -2.41. The number of ether oxygens (including phenoxy) is 1. The minimum Gasteiger partial charge on any atom is -0.462 e. The molecule has 2 heterocycles. The maximum absolute atomic E-state index is 12.1. The Balaban J connectivity index is 2.17. The van der Waals surface area contributed by atoms with Crippen LogP contribution in [0.15, 0.2) is 35.3 Å². The van der Waals surface area contributed by atoms with Crippen LogP contribution in [0.25, 0.3) is 0 Å². The lowest BCUT2D eigenvalue weighted by molar-refractivity contribution is -0.116. The molecule has 0 aliphatic rings. The Bertz CT molecular complexity index is 763. The molecular weight excluding hydrogens is 316 g/mol. The largest absolute Gasteiger partial charge is 0.462 e. The molecule has 0 spiro atoms. The van der Waals surface area contributed by atoms with Gasteiger partial charge >= 0.3 is 5.97 Å². The van der Waals surface area contributed by atoms with Crippen molar-refractivity contribution in [3.05, 3.63) is 51.3 Å². The summed E-state index contributed by atoms with van der Waals surface area (Å²) in [6.45, 7) is 3.85. The highest BCUT2D eigenvalue weighted by Crippen LogP contribution is 2.29. The van der Waals surface area contributed by atoms with Gasteiger partial charge in [-0.25, -0.2) is 4.79 Å². The normalized spacial score (nSPS) is 10.3. The molecular formula is C16H18N2O4S.